The van der Waals surface area contributed by atoms with Crippen molar-refractivity contribution in [1.82, 2.24) is 0 Å². The van der Waals surface area contributed by atoms with Gasteiger partial charge in [0.2, 0.25) is 0 Å². The molecule has 3 heteroatoms. The first-order chi connectivity index (χ1) is 5.57. The van der Waals surface area contributed by atoms with E-state index in [1.54, 1.807) is 6.92 Å². The third kappa shape index (κ3) is 1.31. The summed E-state index contributed by atoms with van der Waals surface area (Å²) in [7, 11) is 0. The molecule has 0 unspecified atom stereocenters. The van der Waals surface area contributed by atoms with Crippen LogP contribution in [0.4, 0.5) is 13.2 Å². The zero-order valence-corrected chi connectivity index (χ0v) is 6.92. The van der Waals surface area contributed by atoms with Gasteiger partial charge in [0.25, 0.3) is 0 Å². The van der Waals surface area contributed by atoms with Crippen LogP contribution in [0.1, 0.15) is 18.1 Å². The highest BCUT2D eigenvalue weighted by atomic mass is 19.2. The maximum atomic E-state index is 12.8. The summed E-state index contributed by atoms with van der Waals surface area (Å²) in [6, 6.07) is 1.04. The molecule has 0 heterocycles. The van der Waals surface area contributed by atoms with Crippen molar-refractivity contribution in [1.29, 1.82) is 0 Å². The van der Waals surface area contributed by atoms with Gasteiger partial charge in [0.15, 0.2) is 17.5 Å². The summed E-state index contributed by atoms with van der Waals surface area (Å²) in [6.45, 7) is 3.20. The molecule has 0 spiro atoms. The smallest absolute Gasteiger partial charge is 0.194 e. The molecule has 1 aromatic carbocycles. The van der Waals surface area contributed by atoms with Crippen LogP contribution < -0.4 is 0 Å². The van der Waals surface area contributed by atoms with E-state index in [0.29, 0.717) is 12.0 Å². The van der Waals surface area contributed by atoms with Crippen LogP contribution in [0.3, 0.4) is 0 Å². The van der Waals surface area contributed by atoms with Gasteiger partial charge in [-0.05, 0) is 30.5 Å². The third-order valence-electron chi connectivity index (χ3n) is 1.90. The SMILES string of the molecule is CCc1cc(F)c(F)c(F)c1C. The molecular formula is C9H9F3. The van der Waals surface area contributed by atoms with E-state index in [1.165, 1.54) is 6.92 Å². The summed E-state index contributed by atoms with van der Waals surface area (Å²) < 4.78 is 38.0. The van der Waals surface area contributed by atoms with Gasteiger partial charge in [0.05, 0.1) is 0 Å². The highest BCUT2D eigenvalue weighted by Gasteiger charge is 2.13. The van der Waals surface area contributed by atoms with Crippen molar-refractivity contribution in [2.24, 2.45) is 0 Å². The van der Waals surface area contributed by atoms with Gasteiger partial charge in [-0.2, -0.15) is 0 Å². The largest absolute Gasteiger partial charge is 0.204 e. The molecule has 1 rings (SSSR count). The van der Waals surface area contributed by atoms with Crippen molar-refractivity contribution in [2.45, 2.75) is 20.3 Å². The standard InChI is InChI=1S/C9H9F3/c1-3-6-4-7(10)9(12)8(11)5(6)2/h4H,3H2,1-2H3. The number of aryl methyl sites for hydroxylation is 1. The Morgan fingerprint density at radius 3 is 2.25 bits per heavy atom. The van der Waals surface area contributed by atoms with Gasteiger partial charge >= 0.3 is 0 Å². The third-order valence-corrected chi connectivity index (χ3v) is 1.90. The van der Waals surface area contributed by atoms with Gasteiger partial charge < -0.3 is 0 Å². The second-order valence-corrected chi connectivity index (χ2v) is 2.62. The van der Waals surface area contributed by atoms with Crippen molar-refractivity contribution in [3.63, 3.8) is 0 Å². The van der Waals surface area contributed by atoms with Crippen LogP contribution in [0.2, 0.25) is 0 Å². The van der Waals surface area contributed by atoms with E-state index in [9.17, 15) is 13.2 Å². The topological polar surface area (TPSA) is 0 Å². The molecule has 0 bridgehead atoms. The van der Waals surface area contributed by atoms with E-state index in [1.807, 2.05) is 0 Å². The van der Waals surface area contributed by atoms with Crippen molar-refractivity contribution in [3.8, 4) is 0 Å². The molecule has 0 radical (unpaired) electrons. The Morgan fingerprint density at radius 2 is 1.75 bits per heavy atom. The van der Waals surface area contributed by atoms with Gasteiger partial charge in [-0.25, -0.2) is 13.2 Å². The second-order valence-electron chi connectivity index (χ2n) is 2.62. The Kier molecular flexibility index (Phi) is 2.40. The van der Waals surface area contributed by atoms with Crippen LogP contribution in [0, 0.1) is 24.4 Å². The van der Waals surface area contributed by atoms with Crippen LogP contribution in [0.5, 0.6) is 0 Å². The number of hydrogen-bond donors (Lipinski definition) is 0. The molecule has 0 saturated heterocycles. The fourth-order valence-electron chi connectivity index (χ4n) is 1.10. The lowest BCUT2D eigenvalue weighted by Gasteiger charge is -2.05. The van der Waals surface area contributed by atoms with Gasteiger partial charge in [-0.15, -0.1) is 0 Å². The summed E-state index contributed by atoms with van der Waals surface area (Å²) in [5.74, 6) is -3.58. The second kappa shape index (κ2) is 3.17. The lowest BCUT2D eigenvalue weighted by Crippen LogP contribution is -1.99. The highest BCUT2D eigenvalue weighted by molar-refractivity contribution is 5.29. The molecule has 0 aliphatic heterocycles. The molecule has 0 saturated carbocycles. The van der Waals surface area contributed by atoms with E-state index in [2.05, 4.69) is 0 Å². The lowest BCUT2D eigenvalue weighted by atomic mass is 10.1. The first-order valence-corrected chi connectivity index (χ1v) is 3.70. The normalized spacial score (nSPS) is 10.4. The monoisotopic (exact) mass is 174 g/mol. The maximum Gasteiger partial charge on any atom is 0.194 e. The fourth-order valence-corrected chi connectivity index (χ4v) is 1.10. The molecule has 0 N–H and O–H groups in total. The summed E-state index contributed by atoms with van der Waals surface area (Å²) in [6.07, 6.45) is 0.500. The van der Waals surface area contributed by atoms with Gasteiger partial charge in [0, 0.05) is 0 Å². The minimum Gasteiger partial charge on any atom is -0.204 e. The van der Waals surface area contributed by atoms with Crippen LogP contribution in [0.15, 0.2) is 6.07 Å². The predicted octanol–water partition coefficient (Wildman–Crippen LogP) is 2.97. The Labute approximate surface area is 69.0 Å². The molecule has 0 amide bonds. The summed E-state index contributed by atoms with van der Waals surface area (Å²) >= 11 is 0. The van der Waals surface area contributed by atoms with E-state index in [4.69, 9.17) is 0 Å². The molecule has 0 aromatic heterocycles. The van der Waals surface area contributed by atoms with E-state index < -0.39 is 17.5 Å². The average Bonchev–Trinajstić information content (AvgIpc) is 2.08. The number of benzene rings is 1. The fraction of sp³-hybridized carbons (Fsp3) is 0.333. The molecule has 66 valence electrons. The van der Waals surface area contributed by atoms with Crippen molar-refractivity contribution >= 4 is 0 Å². The van der Waals surface area contributed by atoms with Crippen LogP contribution in [-0.4, -0.2) is 0 Å². The molecule has 12 heavy (non-hydrogen) atoms. The first-order valence-electron chi connectivity index (χ1n) is 3.70. The van der Waals surface area contributed by atoms with Crippen molar-refractivity contribution < 1.29 is 13.2 Å². The van der Waals surface area contributed by atoms with E-state index in [-0.39, 0.29) is 5.56 Å². The minimum absolute atomic E-state index is 0.191. The average molecular weight is 174 g/mol. The molecule has 0 nitrogen and oxygen atoms in total. The van der Waals surface area contributed by atoms with Crippen LogP contribution in [-0.2, 0) is 6.42 Å². The predicted molar refractivity (Wildman–Crippen MR) is 40.4 cm³/mol. The Morgan fingerprint density at radius 1 is 1.17 bits per heavy atom. The Bertz CT molecular complexity index is 305. The van der Waals surface area contributed by atoms with Crippen molar-refractivity contribution in [2.75, 3.05) is 0 Å². The molecule has 0 atom stereocenters. The van der Waals surface area contributed by atoms with E-state index >= 15 is 0 Å². The van der Waals surface area contributed by atoms with Crippen LogP contribution in [0.25, 0.3) is 0 Å². The maximum absolute atomic E-state index is 12.8. The molecule has 0 aliphatic carbocycles. The van der Waals surface area contributed by atoms with Crippen LogP contribution >= 0.6 is 0 Å². The Hall–Kier alpha value is -0.990. The van der Waals surface area contributed by atoms with Gasteiger partial charge in [0.1, 0.15) is 0 Å². The molecular weight excluding hydrogens is 165 g/mol. The zero-order chi connectivity index (χ0) is 9.30. The first kappa shape index (κ1) is 9.10. The molecule has 1 aromatic rings. The lowest BCUT2D eigenvalue weighted by molar-refractivity contribution is 0.441. The number of halogens is 3. The Balaban J connectivity index is 3.39. The van der Waals surface area contributed by atoms with Crippen molar-refractivity contribution in [3.05, 3.63) is 34.6 Å². The summed E-state index contributed by atoms with van der Waals surface area (Å²) in [5.41, 5.74) is 0.697. The summed E-state index contributed by atoms with van der Waals surface area (Å²) in [5, 5.41) is 0. The van der Waals surface area contributed by atoms with Gasteiger partial charge in [-0.3, -0.25) is 0 Å². The highest BCUT2D eigenvalue weighted by Crippen LogP contribution is 2.19. The quantitative estimate of drug-likeness (QED) is 0.574. The minimum atomic E-state index is -1.38. The number of hydrogen-bond acceptors (Lipinski definition) is 0. The summed E-state index contributed by atoms with van der Waals surface area (Å²) in [4.78, 5) is 0. The zero-order valence-electron chi connectivity index (χ0n) is 6.92. The van der Waals surface area contributed by atoms with Gasteiger partial charge in [-0.1, -0.05) is 6.92 Å². The molecule has 0 aliphatic rings. The molecule has 0 fully saturated rings. The van der Waals surface area contributed by atoms with E-state index in [0.717, 1.165) is 6.07 Å². The number of rotatable bonds is 1.